The van der Waals surface area contributed by atoms with Crippen molar-refractivity contribution >= 4 is 16.6 Å². The van der Waals surface area contributed by atoms with Crippen LogP contribution in [0.15, 0.2) is 30.5 Å². The Morgan fingerprint density at radius 1 is 1.20 bits per heavy atom. The van der Waals surface area contributed by atoms with E-state index < -0.39 is 0 Å². The Balaban J connectivity index is 1.87. The molecule has 1 fully saturated rings. The number of anilines is 1. The predicted molar refractivity (Wildman–Crippen MR) is 81.5 cm³/mol. The number of aromatic nitrogens is 1. The molecule has 1 heterocycles. The fourth-order valence-corrected chi connectivity index (χ4v) is 3.05. The van der Waals surface area contributed by atoms with Crippen molar-refractivity contribution in [1.82, 2.24) is 4.98 Å². The van der Waals surface area contributed by atoms with Crippen LogP contribution in [0.4, 0.5) is 5.69 Å². The number of hydrogen-bond donors (Lipinski definition) is 1. The van der Waals surface area contributed by atoms with Gasteiger partial charge < -0.3 is 5.32 Å². The molecule has 0 aliphatic heterocycles. The molecule has 2 aromatic rings. The molecule has 20 heavy (non-hydrogen) atoms. The summed E-state index contributed by atoms with van der Waals surface area (Å²) in [6, 6.07) is 10.2. The summed E-state index contributed by atoms with van der Waals surface area (Å²) in [5, 5.41) is 13.8. The second-order valence-corrected chi connectivity index (χ2v) is 5.56. The molecule has 3 heteroatoms. The maximum absolute atomic E-state index is 9.28. The monoisotopic (exact) mass is 265 g/mol. The van der Waals surface area contributed by atoms with E-state index >= 15 is 0 Å². The number of nitrogens with zero attached hydrogens (tertiary/aromatic N) is 2. The Morgan fingerprint density at radius 3 is 2.80 bits per heavy atom. The van der Waals surface area contributed by atoms with Crippen LogP contribution in [-0.2, 0) is 0 Å². The smallest absolute Gasteiger partial charge is 0.103 e. The summed E-state index contributed by atoms with van der Waals surface area (Å²) in [6.07, 6.45) is 8.34. The first-order valence-electron chi connectivity index (χ1n) is 7.40. The van der Waals surface area contributed by atoms with Crippen LogP contribution in [0.25, 0.3) is 10.9 Å². The third kappa shape index (κ3) is 2.60. The van der Waals surface area contributed by atoms with E-state index in [0.29, 0.717) is 5.56 Å². The zero-order valence-electron chi connectivity index (χ0n) is 11.6. The molecule has 1 aromatic carbocycles. The first-order chi connectivity index (χ1) is 9.88. The number of benzene rings is 1. The van der Waals surface area contributed by atoms with E-state index in [1.165, 1.54) is 32.1 Å². The van der Waals surface area contributed by atoms with E-state index in [2.05, 4.69) is 16.4 Å². The molecular weight excluding hydrogens is 246 g/mol. The Kier molecular flexibility index (Phi) is 3.83. The quantitative estimate of drug-likeness (QED) is 0.909. The molecule has 3 nitrogen and oxygen atoms in total. The number of nitrogens with one attached hydrogen (secondary N) is 1. The molecule has 0 atom stereocenters. The van der Waals surface area contributed by atoms with Gasteiger partial charge in [0.05, 0.1) is 16.8 Å². The molecule has 0 amide bonds. The lowest BCUT2D eigenvalue weighted by Gasteiger charge is -2.23. The molecular formula is C17H19N3. The molecule has 1 aliphatic rings. The van der Waals surface area contributed by atoms with Gasteiger partial charge in [0.15, 0.2) is 0 Å². The third-order valence-electron chi connectivity index (χ3n) is 4.19. The van der Waals surface area contributed by atoms with Gasteiger partial charge in [-0.25, -0.2) is 0 Å². The lowest BCUT2D eigenvalue weighted by atomic mass is 9.89. The van der Waals surface area contributed by atoms with Crippen molar-refractivity contribution in [2.24, 2.45) is 5.92 Å². The van der Waals surface area contributed by atoms with Gasteiger partial charge in [-0.1, -0.05) is 37.5 Å². The number of pyridine rings is 1. The number of nitriles is 1. The summed E-state index contributed by atoms with van der Waals surface area (Å²) >= 11 is 0. The molecule has 0 radical (unpaired) electrons. The molecule has 102 valence electrons. The lowest BCUT2D eigenvalue weighted by molar-refractivity contribution is 0.373. The lowest BCUT2D eigenvalue weighted by Crippen LogP contribution is -2.17. The minimum absolute atomic E-state index is 0.638. The molecule has 1 saturated carbocycles. The van der Waals surface area contributed by atoms with E-state index in [1.54, 1.807) is 6.20 Å². The molecule has 1 N–H and O–H groups in total. The Labute approximate surface area is 119 Å². The molecule has 0 unspecified atom stereocenters. The number of fused-ring (bicyclic) bond motifs is 1. The standard InChI is InChI=1S/C17H19N3/c18-10-14-12-19-16-9-5-4-8-15(16)17(14)20-11-13-6-2-1-3-7-13/h4-5,8-9,12-13H,1-3,6-7,11H2,(H,19,20). The Hall–Kier alpha value is -2.08. The van der Waals surface area contributed by atoms with Gasteiger partial charge in [-0.15, -0.1) is 0 Å². The highest BCUT2D eigenvalue weighted by Gasteiger charge is 2.15. The van der Waals surface area contributed by atoms with Gasteiger partial charge in [-0.05, 0) is 24.8 Å². The van der Waals surface area contributed by atoms with E-state index in [-0.39, 0.29) is 0 Å². The summed E-state index contributed by atoms with van der Waals surface area (Å²) in [6.45, 7) is 0.961. The maximum Gasteiger partial charge on any atom is 0.103 e. The number of hydrogen-bond acceptors (Lipinski definition) is 3. The van der Waals surface area contributed by atoms with Crippen molar-refractivity contribution in [1.29, 1.82) is 5.26 Å². The average molecular weight is 265 g/mol. The minimum atomic E-state index is 0.638. The van der Waals surface area contributed by atoms with Crippen LogP contribution in [-0.4, -0.2) is 11.5 Å². The summed E-state index contributed by atoms with van der Waals surface area (Å²) in [4.78, 5) is 4.34. The van der Waals surface area contributed by atoms with Gasteiger partial charge in [0.1, 0.15) is 6.07 Å². The SMILES string of the molecule is N#Cc1cnc2ccccc2c1NCC1CCCCC1. The van der Waals surface area contributed by atoms with Gasteiger partial charge in [0, 0.05) is 18.1 Å². The summed E-state index contributed by atoms with van der Waals surface area (Å²) in [7, 11) is 0. The van der Waals surface area contributed by atoms with Crippen LogP contribution in [0.2, 0.25) is 0 Å². The first kappa shape index (κ1) is 12.9. The van der Waals surface area contributed by atoms with Gasteiger partial charge in [0.2, 0.25) is 0 Å². The van der Waals surface area contributed by atoms with Crippen LogP contribution >= 0.6 is 0 Å². The van der Waals surface area contributed by atoms with Gasteiger partial charge in [-0.3, -0.25) is 4.98 Å². The van der Waals surface area contributed by atoms with Crippen molar-refractivity contribution in [3.63, 3.8) is 0 Å². The molecule has 0 spiro atoms. The molecule has 0 bridgehead atoms. The van der Waals surface area contributed by atoms with Crippen molar-refractivity contribution < 1.29 is 0 Å². The fourth-order valence-electron chi connectivity index (χ4n) is 3.05. The Bertz CT molecular complexity index is 636. The van der Waals surface area contributed by atoms with Crippen LogP contribution in [0.1, 0.15) is 37.7 Å². The highest BCUT2D eigenvalue weighted by molar-refractivity contribution is 5.93. The second kappa shape index (κ2) is 5.92. The van der Waals surface area contributed by atoms with Gasteiger partial charge >= 0.3 is 0 Å². The topological polar surface area (TPSA) is 48.7 Å². The van der Waals surface area contributed by atoms with E-state index in [0.717, 1.165) is 29.1 Å². The zero-order chi connectivity index (χ0) is 13.8. The average Bonchev–Trinajstić information content (AvgIpc) is 2.53. The van der Waals surface area contributed by atoms with Crippen LogP contribution in [0.5, 0.6) is 0 Å². The van der Waals surface area contributed by atoms with Crippen molar-refractivity contribution in [2.75, 3.05) is 11.9 Å². The predicted octanol–water partition coefficient (Wildman–Crippen LogP) is 4.10. The second-order valence-electron chi connectivity index (χ2n) is 5.56. The maximum atomic E-state index is 9.28. The van der Waals surface area contributed by atoms with Crippen LogP contribution < -0.4 is 5.32 Å². The summed E-state index contributed by atoms with van der Waals surface area (Å²) in [5.74, 6) is 0.738. The minimum Gasteiger partial charge on any atom is -0.383 e. The van der Waals surface area contributed by atoms with Gasteiger partial charge in [-0.2, -0.15) is 5.26 Å². The molecule has 0 saturated heterocycles. The third-order valence-corrected chi connectivity index (χ3v) is 4.19. The van der Waals surface area contributed by atoms with Crippen molar-refractivity contribution in [3.05, 3.63) is 36.0 Å². The zero-order valence-corrected chi connectivity index (χ0v) is 11.6. The highest BCUT2D eigenvalue weighted by atomic mass is 14.9. The largest absolute Gasteiger partial charge is 0.383 e. The van der Waals surface area contributed by atoms with E-state index in [1.807, 2.05) is 24.3 Å². The number of para-hydroxylation sites is 1. The summed E-state index contributed by atoms with van der Waals surface area (Å²) in [5.41, 5.74) is 2.53. The summed E-state index contributed by atoms with van der Waals surface area (Å²) < 4.78 is 0. The molecule has 3 rings (SSSR count). The number of rotatable bonds is 3. The van der Waals surface area contributed by atoms with Crippen molar-refractivity contribution in [3.8, 4) is 6.07 Å². The van der Waals surface area contributed by atoms with Crippen LogP contribution in [0.3, 0.4) is 0 Å². The van der Waals surface area contributed by atoms with Gasteiger partial charge in [0.25, 0.3) is 0 Å². The Morgan fingerprint density at radius 2 is 2.00 bits per heavy atom. The fraction of sp³-hybridized carbons (Fsp3) is 0.412. The van der Waals surface area contributed by atoms with E-state index in [9.17, 15) is 5.26 Å². The molecule has 1 aliphatic carbocycles. The normalized spacial score (nSPS) is 15.9. The highest BCUT2D eigenvalue weighted by Crippen LogP contribution is 2.28. The first-order valence-corrected chi connectivity index (χ1v) is 7.40. The van der Waals surface area contributed by atoms with Crippen LogP contribution in [0, 0.1) is 17.2 Å². The van der Waals surface area contributed by atoms with Crippen molar-refractivity contribution in [2.45, 2.75) is 32.1 Å². The molecule has 1 aromatic heterocycles. The van der Waals surface area contributed by atoms with E-state index in [4.69, 9.17) is 0 Å².